The molecule has 1 aliphatic heterocycles. The number of piperazine rings is 1. The molecule has 0 aromatic heterocycles. The lowest BCUT2D eigenvalue weighted by Gasteiger charge is -2.36. The standard InChI is InChI=1S/C22H29FN2O2.2ClH/c1-2-3-18-4-10-22(11-5-18)27-17-21(26)16-24-12-14-25(15-13-24)20-8-6-19(23)7-9-20;;/h4-11,21,26H,2-3,12-17H2,1H3;2*1H. The minimum absolute atomic E-state index is 0. The van der Waals surface area contributed by atoms with Gasteiger partial charge in [-0.2, -0.15) is 0 Å². The van der Waals surface area contributed by atoms with Crippen LogP contribution in [0.1, 0.15) is 18.9 Å². The molecular formula is C22H31Cl2FN2O2. The minimum Gasteiger partial charge on any atom is -0.491 e. The summed E-state index contributed by atoms with van der Waals surface area (Å²) in [5.41, 5.74) is 2.36. The Labute approximate surface area is 185 Å². The molecule has 1 N–H and O–H groups in total. The number of rotatable bonds is 8. The smallest absolute Gasteiger partial charge is 0.123 e. The average Bonchev–Trinajstić information content (AvgIpc) is 2.69. The lowest BCUT2D eigenvalue weighted by molar-refractivity contribution is 0.0663. The third-order valence-electron chi connectivity index (χ3n) is 4.94. The molecule has 0 saturated carbocycles. The van der Waals surface area contributed by atoms with Crippen LogP contribution in [0.25, 0.3) is 0 Å². The van der Waals surface area contributed by atoms with Gasteiger partial charge in [-0.3, -0.25) is 4.90 Å². The molecule has 2 aromatic carbocycles. The zero-order valence-electron chi connectivity index (χ0n) is 16.8. The van der Waals surface area contributed by atoms with E-state index in [0.29, 0.717) is 13.2 Å². The van der Waals surface area contributed by atoms with Crippen LogP contribution in [-0.2, 0) is 6.42 Å². The van der Waals surface area contributed by atoms with Gasteiger partial charge in [0.1, 0.15) is 24.3 Å². The summed E-state index contributed by atoms with van der Waals surface area (Å²) in [5.74, 6) is 0.593. The maximum absolute atomic E-state index is 13.0. The van der Waals surface area contributed by atoms with Crippen molar-refractivity contribution < 1.29 is 14.2 Å². The largest absolute Gasteiger partial charge is 0.491 e. The highest BCUT2D eigenvalue weighted by Gasteiger charge is 2.19. The van der Waals surface area contributed by atoms with Gasteiger partial charge in [-0.05, 0) is 48.4 Å². The van der Waals surface area contributed by atoms with Crippen molar-refractivity contribution in [3.05, 3.63) is 59.9 Å². The van der Waals surface area contributed by atoms with Crippen molar-refractivity contribution in [2.75, 3.05) is 44.2 Å². The second kappa shape index (κ2) is 12.9. The first-order valence-electron chi connectivity index (χ1n) is 9.76. The average molecular weight is 445 g/mol. The van der Waals surface area contributed by atoms with E-state index in [2.05, 4.69) is 28.9 Å². The van der Waals surface area contributed by atoms with Crippen molar-refractivity contribution in [1.82, 2.24) is 4.90 Å². The predicted octanol–water partition coefficient (Wildman–Crippen LogP) is 4.18. The number of anilines is 1. The Balaban J connectivity index is 0.00000210. The number of hydrogen-bond donors (Lipinski definition) is 1. The Morgan fingerprint density at radius 2 is 1.59 bits per heavy atom. The van der Waals surface area contributed by atoms with Crippen molar-refractivity contribution in [3.63, 3.8) is 0 Å². The van der Waals surface area contributed by atoms with Gasteiger partial charge in [0.2, 0.25) is 0 Å². The third-order valence-corrected chi connectivity index (χ3v) is 4.94. The topological polar surface area (TPSA) is 35.9 Å². The molecule has 162 valence electrons. The van der Waals surface area contributed by atoms with Gasteiger partial charge in [0.15, 0.2) is 0 Å². The second-order valence-corrected chi connectivity index (χ2v) is 7.12. The molecule has 0 bridgehead atoms. The number of aliphatic hydroxyl groups is 1. The molecule has 0 amide bonds. The Bertz CT molecular complexity index is 693. The van der Waals surface area contributed by atoms with Crippen LogP contribution in [0, 0.1) is 5.82 Å². The molecule has 1 aliphatic rings. The summed E-state index contributed by atoms with van der Waals surface area (Å²) >= 11 is 0. The van der Waals surface area contributed by atoms with Gasteiger partial charge in [0.05, 0.1) is 0 Å². The monoisotopic (exact) mass is 444 g/mol. The maximum atomic E-state index is 13.0. The maximum Gasteiger partial charge on any atom is 0.123 e. The van der Waals surface area contributed by atoms with E-state index in [1.165, 1.54) is 17.7 Å². The molecule has 29 heavy (non-hydrogen) atoms. The second-order valence-electron chi connectivity index (χ2n) is 7.12. The first kappa shape index (κ1) is 25.5. The van der Waals surface area contributed by atoms with Crippen molar-refractivity contribution in [2.24, 2.45) is 0 Å². The molecule has 1 atom stereocenters. The summed E-state index contributed by atoms with van der Waals surface area (Å²) in [6.07, 6.45) is 1.69. The Hall–Kier alpha value is -1.53. The number of ether oxygens (including phenoxy) is 1. The molecule has 0 radical (unpaired) electrons. The fourth-order valence-corrected chi connectivity index (χ4v) is 3.42. The van der Waals surface area contributed by atoms with E-state index in [1.807, 2.05) is 24.3 Å². The summed E-state index contributed by atoms with van der Waals surface area (Å²) in [5, 5.41) is 10.3. The van der Waals surface area contributed by atoms with Gasteiger partial charge >= 0.3 is 0 Å². The molecule has 3 rings (SSSR count). The van der Waals surface area contributed by atoms with E-state index in [1.54, 1.807) is 0 Å². The summed E-state index contributed by atoms with van der Waals surface area (Å²) in [6.45, 7) is 6.56. The molecule has 1 fully saturated rings. The van der Waals surface area contributed by atoms with Gasteiger partial charge in [0, 0.05) is 38.4 Å². The van der Waals surface area contributed by atoms with E-state index >= 15 is 0 Å². The minimum atomic E-state index is -0.516. The van der Waals surface area contributed by atoms with Crippen molar-refractivity contribution in [2.45, 2.75) is 25.9 Å². The van der Waals surface area contributed by atoms with Crippen LogP contribution in [-0.4, -0.2) is 55.4 Å². The number of benzene rings is 2. The lowest BCUT2D eigenvalue weighted by atomic mass is 10.1. The normalized spacial score (nSPS) is 15.2. The summed E-state index contributed by atoms with van der Waals surface area (Å²) in [4.78, 5) is 4.50. The van der Waals surface area contributed by atoms with Crippen LogP contribution in [0.2, 0.25) is 0 Å². The highest BCUT2D eigenvalue weighted by atomic mass is 35.5. The summed E-state index contributed by atoms with van der Waals surface area (Å²) in [6, 6.07) is 14.7. The molecule has 0 aliphatic carbocycles. The van der Waals surface area contributed by atoms with Gasteiger partial charge in [0.25, 0.3) is 0 Å². The Morgan fingerprint density at radius 3 is 2.17 bits per heavy atom. The van der Waals surface area contributed by atoms with E-state index < -0.39 is 6.10 Å². The zero-order valence-corrected chi connectivity index (χ0v) is 18.4. The van der Waals surface area contributed by atoms with Gasteiger partial charge < -0.3 is 14.7 Å². The van der Waals surface area contributed by atoms with Gasteiger partial charge in [-0.25, -0.2) is 4.39 Å². The first-order chi connectivity index (χ1) is 13.1. The van der Waals surface area contributed by atoms with Crippen LogP contribution in [0.4, 0.5) is 10.1 Å². The van der Waals surface area contributed by atoms with Gasteiger partial charge in [-0.1, -0.05) is 25.5 Å². The van der Waals surface area contributed by atoms with Crippen LogP contribution < -0.4 is 9.64 Å². The molecule has 0 spiro atoms. The van der Waals surface area contributed by atoms with E-state index in [4.69, 9.17) is 4.74 Å². The Kier molecular flexibility index (Phi) is 11.4. The number of halogens is 3. The van der Waals surface area contributed by atoms with Crippen LogP contribution in [0.3, 0.4) is 0 Å². The summed E-state index contributed by atoms with van der Waals surface area (Å²) in [7, 11) is 0. The zero-order chi connectivity index (χ0) is 19.1. The molecular weight excluding hydrogens is 414 g/mol. The highest BCUT2D eigenvalue weighted by Crippen LogP contribution is 2.17. The number of aliphatic hydroxyl groups excluding tert-OH is 1. The Morgan fingerprint density at radius 1 is 0.966 bits per heavy atom. The molecule has 1 unspecified atom stereocenters. The number of aryl methyl sites for hydroxylation is 1. The molecule has 4 nitrogen and oxygen atoms in total. The van der Waals surface area contributed by atoms with Crippen molar-refractivity contribution >= 4 is 30.5 Å². The number of nitrogens with zero attached hydrogens (tertiary/aromatic N) is 2. The summed E-state index contributed by atoms with van der Waals surface area (Å²) < 4.78 is 18.8. The van der Waals surface area contributed by atoms with Crippen LogP contribution in [0.15, 0.2) is 48.5 Å². The molecule has 2 aromatic rings. The SMILES string of the molecule is CCCc1ccc(OCC(O)CN2CCN(c3ccc(F)cc3)CC2)cc1.Cl.Cl. The van der Waals surface area contributed by atoms with Crippen LogP contribution >= 0.6 is 24.8 Å². The van der Waals surface area contributed by atoms with E-state index in [9.17, 15) is 9.50 Å². The fourth-order valence-electron chi connectivity index (χ4n) is 3.42. The first-order valence-corrected chi connectivity index (χ1v) is 9.76. The third kappa shape index (κ3) is 8.01. The quantitative estimate of drug-likeness (QED) is 0.662. The van der Waals surface area contributed by atoms with Crippen molar-refractivity contribution in [1.29, 1.82) is 0 Å². The fraction of sp³-hybridized carbons (Fsp3) is 0.455. The van der Waals surface area contributed by atoms with E-state index in [0.717, 1.165) is 50.5 Å². The van der Waals surface area contributed by atoms with Crippen molar-refractivity contribution in [3.8, 4) is 5.75 Å². The van der Waals surface area contributed by atoms with Crippen LogP contribution in [0.5, 0.6) is 5.75 Å². The van der Waals surface area contributed by atoms with Gasteiger partial charge in [-0.15, -0.1) is 24.8 Å². The number of β-amino-alcohol motifs (C(OH)–C–C–N with tert-alkyl or cyclic N) is 1. The molecule has 7 heteroatoms. The predicted molar refractivity (Wildman–Crippen MR) is 121 cm³/mol. The molecule has 1 heterocycles. The lowest BCUT2D eigenvalue weighted by Crippen LogP contribution is -2.49. The van der Waals surface area contributed by atoms with E-state index in [-0.39, 0.29) is 30.6 Å². The molecule has 1 saturated heterocycles. The highest BCUT2D eigenvalue weighted by molar-refractivity contribution is 5.85. The number of hydrogen-bond acceptors (Lipinski definition) is 4.